The molecule has 1 saturated carbocycles. The molecule has 1 amide bonds. The highest BCUT2D eigenvalue weighted by Crippen LogP contribution is 2.30. The Morgan fingerprint density at radius 3 is 2.54 bits per heavy atom. The number of ether oxygens (including phenoxy) is 1. The molecule has 2 atom stereocenters. The van der Waals surface area contributed by atoms with Gasteiger partial charge in [-0.2, -0.15) is 0 Å². The zero-order valence-corrected chi connectivity index (χ0v) is 14.6. The van der Waals surface area contributed by atoms with Crippen molar-refractivity contribution >= 4 is 17.5 Å². The molecule has 4 rings (SSSR count). The van der Waals surface area contributed by atoms with Crippen LogP contribution in [0.1, 0.15) is 61.7 Å². The van der Waals surface area contributed by atoms with Gasteiger partial charge in [-0.3, -0.25) is 4.79 Å². The van der Waals surface area contributed by atoms with Gasteiger partial charge in [-0.05, 0) is 69.6 Å². The van der Waals surface area contributed by atoms with Gasteiger partial charge in [-0.1, -0.05) is 11.6 Å². The van der Waals surface area contributed by atoms with Crippen LogP contribution in [0.2, 0.25) is 5.02 Å². The van der Waals surface area contributed by atoms with Gasteiger partial charge in [0, 0.05) is 23.1 Å². The van der Waals surface area contributed by atoms with Crippen molar-refractivity contribution in [3.05, 3.63) is 28.8 Å². The Labute approximate surface area is 148 Å². The maximum absolute atomic E-state index is 12.8. The van der Waals surface area contributed by atoms with Gasteiger partial charge < -0.3 is 15.4 Å². The molecule has 0 spiro atoms. The van der Waals surface area contributed by atoms with E-state index in [1.54, 1.807) is 12.1 Å². The number of carbonyl (C=O) groups excluding carboxylic acids is 1. The summed E-state index contributed by atoms with van der Waals surface area (Å²) in [5.41, 5.74) is 0.570. The van der Waals surface area contributed by atoms with E-state index in [4.69, 9.17) is 16.3 Å². The Hall–Kier alpha value is -1.26. The minimum atomic E-state index is -0.0585. The number of hydrogen-bond donors (Lipinski definition) is 2. The lowest BCUT2D eigenvalue weighted by molar-refractivity contribution is 0.0916. The first-order valence-corrected chi connectivity index (χ1v) is 9.58. The quantitative estimate of drug-likeness (QED) is 0.872. The summed E-state index contributed by atoms with van der Waals surface area (Å²) >= 11 is 6.13. The summed E-state index contributed by atoms with van der Waals surface area (Å²) in [6.45, 7) is 0. The topological polar surface area (TPSA) is 50.4 Å². The first kappa shape index (κ1) is 16.2. The van der Waals surface area contributed by atoms with E-state index in [0.29, 0.717) is 28.4 Å². The number of rotatable bonds is 4. The van der Waals surface area contributed by atoms with Crippen LogP contribution in [0.4, 0.5) is 0 Å². The minimum absolute atomic E-state index is 0.0585. The Morgan fingerprint density at radius 2 is 1.83 bits per heavy atom. The summed E-state index contributed by atoms with van der Waals surface area (Å²) in [5.74, 6) is 0.609. The van der Waals surface area contributed by atoms with Gasteiger partial charge in [0.25, 0.3) is 5.91 Å². The highest BCUT2D eigenvalue weighted by Gasteiger charge is 2.34. The molecule has 1 aromatic carbocycles. The zero-order chi connectivity index (χ0) is 16.5. The van der Waals surface area contributed by atoms with E-state index in [0.717, 1.165) is 25.7 Å². The first-order valence-electron chi connectivity index (χ1n) is 9.20. The van der Waals surface area contributed by atoms with Crippen LogP contribution in [0.15, 0.2) is 18.2 Å². The molecule has 2 heterocycles. The first-order chi connectivity index (χ1) is 11.7. The van der Waals surface area contributed by atoms with Crippen molar-refractivity contribution in [3.8, 4) is 5.75 Å². The summed E-state index contributed by atoms with van der Waals surface area (Å²) in [5, 5.41) is 7.39. The molecular weight excluding hydrogens is 324 g/mol. The standard InChI is InChI=1S/C19H25ClN2O2/c20-12-5-8-18(24-16-3-1-2-4-16)17(9-12)19(23)22-15-10-13-6-7-14(11-15)21-13/h5,8-9,13-16,21H,1-4,6-7,10-11H2,(H,22,23). The maximum atomic E-state index is 12.8. The number of carbonyl (C=O) groups is 1. The summed E-state index contributed by atoms with van der Waals surface area (Å²) in [7, 11) is 0. The summed E-state index contributed by atoms with van der Waals surface area (Å²) in [6, 6.07) is 6.73. The van der Waals surface area contributed by atoms with Crippen LogP contribution in [0, 0.1) is 0 Å². The van der Waals surface area contributed by atoms with Gasteiger partial charge in [0.05, 0.1) is 11.7 Å². The molecule has 1 aliphatic carbocycles. The van der Waals surface area contributed by atoms with Crippen molar-refractivity contribution in [2.24, 2.45) is 0 Å². The van der Waals surface area contributed by atoms with E-state index < -0.39 is 0 Å². The number of piperidine rings is 1. The number of halogens is 1. The van der Waals surface area contributed by atoms with Crippen molar-refractivity contribution in [2.75, 3.05) is 0 Å². The van der Waals surface area contributed by atoms with Crippen LogP contribution in [0.3, 0.4) is 0 Å². The van der Waals surface area contributed by atoms with Crippen molar-refractivity contribution in [1.82, 2.24) is 10.6 Å². The molecule has 130 valence electrons. The zero-order valence-electron chi connectivity index (χ0n) is 13.9. The Kier molecular flexibility index (Phi) is 4.68. The van der Waals surface area contributed by atoms with Gasteiger partial charge in [-0.15, -0.1) is 0 Å². The van der Waals surface area contributed by atoms with Crippen molar-refractivity contribution in [2.45, 2.75) is 75.6 Å². The molecule has 2 bridgehead atoms. The fourth-order valence-electron chi connectivity index (χ4n) is 4.41. The van der Waals surface area contributed by atoms with Crippen LogP contribution in [0.25, 0.3) is 0 Å². The second kappa shape index (κ2) is 6.93. The normalized spacial score (nSPS) is 29.6. The van der Waals surface area contributed by atoms with Crippen LogP contribution in [-0.4, -0.2) is 30.1 Å². The molecule has 24 heavy (non-hydrogen) atoms. The lowest BCUT2D eigenvalue weighted by Crippen LogP contribution is -2.48. The molecule has 2 aliphatic heterocycles. The average molecular weight is 349 g/mol. The summed E-state index contributed by atoms with van der Waals surface area (Å²) < 4.78 is 6.09. The second-order valence-electron chi connectivity index (χ2n) is 7.44. The van der Waals surface area contributed by atoms with Crippen LogP contribution in [-0.2, 0) is 0 Å². The Balaban J connectivity index is 1.47. The van der Waals surface area contributed by atoms with E-state index in [-0.39, 0.29) is 18.1 Å². The van der Waals surface area contributed by atoms with Crippen LogP contribution in [0.5, 0.6) is 5.75 Å². The highest BCUT2D eigenvalue weighted by atomic mass is 35.5. The summed E-state index contributed by atoms with van der Waals surface area (Å²) in [4.78, 5) is 12.8. The molecule has 2 saturated heterocycles. The second-order valence-corrected chi connectivity index (χ2v) is 7.88. The van der Waals surface area contributed by atoms with Gasteiger partial charge in [0.15, 0.2) is 0 Å². The molecule has 0 radical (unpaired) electrons. The lowest BCUT2D eigenvalue weighted by Gasteiger charge is -2.30. The molecule has 3 aliphatic rings. The number of nitrogens with one attached hydrogen (secondary N) is 2. The predicted molar refractivity (Wildman–Crippen MR) is 94.8 cm³/mol. The molecule has 1 aromatic rings. The van der Waals surface area contributed by atoms with Crippen LogP contribution >= 0.6 is 11.6 Å². The number of benzene rings is 1. The third-order valence-corrected chi connectivity index (χ3v) is 5.83. The third kappa shape index (κ3) is 3.55. The molecule has 5 heteroatoms. The highest BCUT2D eigenvalue weighted by molar-refractivity contribution is 6.31. The monoisotopic (exact) mass is 348 g/mol. The van der Waals surface area contributed by atoms with Gasteiger partial charge in [0.2, 0.25) is 0 Å². The van der Waals surface area contributed by atoms with Gasteiger partial charge in [0.1, 0.15) is 5.75 Å². The molecule has 2 N–H and O–H groups in total. The van der Waals surface area contributed by atoms with Crippen LogP contribution < -0.4 is 15.4 Å². The van der Waals surface area contributed by atoms with E-state index in [1.807, 2.05) is 6.07 Å². The molecule has 3 fully saturated rings. The predicted octanol–water partition coefficient (Wildman–Crippen LogP) is 3.67. The van der Waals surface area contributed by atoms with Gasteiger partial charge in [-0.25, -0.2) is 0 Å². The van der Waals surface area contributed by atoms with Crippen molar-refractivity contribution < 1.29 is 9.53 Å². The van der Waals surface area contributed by atoms with E-state index in [9.17, 15) is 4.79 Å². The molecule has 0 aromatic heterocycles. The Bertz CT molecular complexity index is 603. The number of hydrogen-bond acceptors (Lipinski definition) is 3. The molecule has 4 nitrogen and oxygen atoms in total. The molecule has 2 unspecified atom stereocenters. The average Bonchev–Trinajstić information content (AvgIpc) is 3.18. The fraction of sp³-hybridized carbons (Fsp3) is 0.632. The summed E-state index contributed by atoms with van der Waals surface area (Å²) in [6.07, 6.45) is 9.27. The number of amides is 1. The van der Waals surface area contributed by atoms with Crippen molar-refractivity contribution in [1.29, 1.82) is 0 Å². The fourth-order valence-corrected chi connectivity index (χ4v) is 4.58. The van der Waals surface area contributed by atoms with E-state index >= 15 is 0 Å². The lowest BCUT2D eigenvalue weighted by atomic mass is 9.99. The third-order valence-electron chi connectivity index (χ3n) is 5.59. The maximum Gasteiger partial charge on any atom is 0.255 e. The van der Waals surface area contributed by atoms with Crippen molar-refractivity contribution in [3.63, 3.8) is 0 Å². The smallest absolute Gasteiger partial charge is 0.255 e. The van der Waals surface area contributed by atoms with E-state index in [1.165, 1.54) is 25.7 Å². The Morgan fingerprint density at radius 1 is 1.12 bits per heavy atom. The number of fused-ring (bicyclic) bond motifs is 2. The van der Waals surface area contributed by atoms with E-state index in [2.05, 4.69) is 10.6 Å². The van der Waals surface area contributed by atoms with Gasteiger partial charge >= 0.3 is 0 Å². The minimum Gasteiger partial charge on any atom is -0.490 e. The molecular formula is C19H25ClN2O2. The largest absolute Gasteiger partial charge is 0.490 e. The SMILES string of the molecule is O=C(NC1CC2CCC(C1)N2)c1cc(Cl)ccc1OC1CCCC1.